The summed E-state index contributed by atoms with van der Waals surface area (Å²) in [6.45, 7) is 2.19. The summed E-state index contributed by atoms with van der Waals surface area (Å²) < 4.78 is 19.2. The fourth-order valence-corrected chi connectivity index (χ4v) is 2.19. The summed E-state index contributed by atoms with van der Waals surface area (Å²) in [6.07, 6.45) is 0. The Balaban J connectivity index is 2.19. The summed E-state index contributed by atoms with van der Waals surface area (Å²) in [5, 5.41) is 1.96. The van der Waals surface area contributed by atoms with Gasteiger partial charge in [0.1, 0.15) is 6.61 Å². The zero-order valence-corrected chi connectivity index (χ0v) is 10.3. The van der Waals surface area contributed by atoms with E-state index < -0.39 is 0 Å². The average molecular weight is 251 g/mol. The predicted octanol–water partition coefficient (Wildman–Crippen LogP) is 3.49. The van der Waals surface area contributed by atoms with E-state index in [9.17, 15) is 4.39 Å². The van der Waals surface area contributed by atoms with Crippen molar-refractivity contribution in [2.24, 2.45) is 5.73 Å². The van der Waals surface area contributed by atoms with Gasteiger partial charge in [-0.25, -0.2) is 4.39 Å². The number of hydrogen-bond donors (Lipinski definition) is 1. The highest BCUT2D eigenvalue weighted by Crippen LogP contribution is 2.28. The molecule has 1 aromatic heterocycles. The minimum atomic E-state index is -0.364. The Hall–Kier alpha value is -1.39. The first-order chi connectivity index (χ1) is 8.18. The number of nitrogens with two attached hydrogens (primary N) is 1. The molecule has 0 aliphatic heterocycles. The molecule has 17 heavy (non-hydrogen) atoms. The molecule has 2 nitrogen and oxygen atoms in total. The van der Waals surface area contributed by atoms with Crippen molar-refractivity contribution in [3.8, 4) is 5.75 Å². The number of benzene rings is 1. The third-order valence-corrected chi connectivity index (χ3v) is 3.28. The highest BCUT2D eigenvalue weighted by molar-refractivity contribution is 7.09. The van der Waals surface area contributed by atoms with Crippen molar-refractivity contribution in [2.45, 2.75) is 19.6 Å². The normalized spacial score (nSPS) is 12.4. The van der Waals surface area contributed by atoms with E-state index in [1.54, 1.807) is 23.5 Å². The Labute approximate surface area is 104 Å². The second kappa shape index (κ2) is 5.29. The first-order valence-electron chi connectivity index (χ1n) is 5.37. The van der Waals surface area contributed by atoms with Crippen molar-refractivity contribution in [1.29, 1.82) is 0 Å². The molecule has 90 valence electrons. The second-order valence-electron chi connectivity index (χ2n) is 3.81. The molecule has 0 unspecified atom stereocenters. The van der Waals surface area contributed by atoms with Gasteiger partial charge in [-0.15, -0.1) is 11.3 Å². The third kappa shape index (κ3) is 2.84. The maximum atomic E-state index is 13.7. The number of halogens is 1. The monoisotopic (exact) mass is 251 g/mol. The predicted molar refractivity (Wildman–Crippen MR) is 67.7 cm³/mol. The first-order valence-corrected chi connectivity index (χ1v) is 6.25. The lowest BCUT2D eigenvalue weighted by Gasteiger charge is -2.14. The number of thiophene rings is 1. The van der Waals surface area contributed by atoms with Crippen LogP contribution in [-0.2, 0) is 6.61 Å². The molecular formula is C13H14FNOS. The minimum absolute atomic E-state index is 0.246. The van der Waals surface area contributed by atoms with Crippen LogP contribution >= 0.6 is 11.3 Å². The summed E-state index contributed by atoms with van der Waals surface area (Å²) in [5.41, 5.74) is 6.48. The summed E-state index contributed by atoms with van der Waals surface area (Å²) in [4.78, 5) is 1.06. The standard InChI is InChI=1S/C13H14FNOS/c1-9(15)11-5-2-6-12(14)13(11)16-8-10-4-3-7-17-10/h2-7,9H,8,15H2,1H3/t9-/m0/s1. The molecule has 0 radical (unpaired) electrons. The molecule has 1 aromatic carbocycles. The van der Waals surface area contributed by atoms with Gasteiger partial charge in [-0.3, -0.25) is 0 Å². The van der Waals surface area contributed by atoms with Crippen molar-refractivity contribution in [1.82, 2.24) is 0 Å². The van der Waals surface area contributed by atoms with Crippen molar-refractivity contribution in [2.75, 3.05) is 0 Å². The molecule has 0 fully saturated rings. The van der Waals surface area contributed by atoms with Gasteiger partial charge in [0.2, 0.25) is 0 Å². The summed E-state index contributed by atoms with van der Waals surface area (Å²) in [7, 11) is 0. The van der Waals surface area contributed by atoms with Crippen LogP contribution in [0.1, 0.15) is 23.4 Å². The van der Waals surface area contributed by atoms with Crippen LogP contribution in [0.3, 0.4) is 0 Å². The lowest BCUT2D eigenvalue weighted by molar-refractivity contribution is 0.288. The maximum Gasteiger partial charge on any atom is 0.165 e. The van der Waals surface area contributed by atoms with Gasteiger partial charge in [-0.05, 0) is 24.4 Å². The molecule has 2 aromatic rings. The van der Waals surface area contributed by atoms with E-state index in [2.05, 4.69) is 0 Å². The van der Waals surface area contributed by atoms with Gasteiger partial charge in [0.15, 0.2) is 11.6 Å². The lowest BCUT2D eigenvalue weighted by atomic mass is 10.1. The van der Waals surface area contributed by atoms with Crippen LogP contribution in [0.4, 0.5) is 4.39 Å². The molecule has 0 spiro atoms. The molecule has 0 saturated heterocycles. The van der Waals surface area contributed by atoms with Crippen LogP contribution in [0.15, 0.2) is 35.7 Å². The van der Waals surface area contributed by atoms with Gasteiger partial charge in [0.25, 0.3) is 0 Å². The summed E-state index contributed by atoms with van der Waals surface area (Å²) >= 11 is 1.58. The van der Waals surface area contributed by atoms with Crippen LogP contribution < -0.4 is 10.5 Å². The van der Waals surface area contributed by atoms with Gasteiger partial charge in [-0.2, -0.15) is 0 Å². The molecule has 0 saturated carbocycles. The zero-order valence-electron chi connectivity index (χ0n) is 9.52. The van der Waals surface area contributed by atoms with Crippen LogP contribution in [-0.4, -0.2) is 0 Å². The minimum Gasteiger partial charge on any atom is -0.485 e. The largest absolute Gasteiger partial charge is 0.485 e. The second-order valence-corrected chi connectivity index (χ2v) is 4.85. The van der Waals surface area contributed by atoms with E-state index in [0.717, 1.165) is 4.88 Å². The fraction of sp³-hybridized carbons (Fsp3) is 0.231. The zero-order chi connectivity index (χ0) is 12.3. The van der Waals surface area contributed by atoms with Gasteiger partial charge in [-0.1, -0.05) is 18.2 Å². The molecule has 4 heteroatoms. The Bertz CT molecular complexity index is 482. The Morgan fingerprint density at radius 1 is 1.35 bits per heavy atom. The van der Waals surface area contributed by atoms with Gasteiger partial charge >= 0.3 is 0 Å². The van der Waals surface area contributed by atoms with Crippen molar-refractivity contribution in [3.63, 3.8) is 0 Å². The number of ether oxygens (including phenoxy) is 1. The summed E-state index contributed by atoms with van der Waals surface area (Å²) in [6, 6.07) is 8.47. The Morgan fingerprint density at radius 2 is 2.18 bits per heavy atom. The quantitative estimate of drug-likeness (QED) is 0.902. The van der Waals surface area contributed by atoms with Gasteiger partial charge in [0, 0.05) is 16.5 Å². The molecule has 2 N–H and O–H groups in total. The first kappa shape index (κ1) is 12.1. The molecule has 0 aliphatic carbocycles. The highest BCUT2D eigenvalue weighted by atomic mass is 32.1. The van der Waals surface area contributed by atoms with E-state index >= 15 is 0 Å². The molecule has 0 aliphatic rings. The lowest BCUT2D eigenvalue weighted by Crippen LogP contribution is -2.09. The van der Waals surface area contributed by atoms with Gasteiger partial charge < -0.3 is 10.5 Å². The van der Waals surface area contributed by atoms with E-state index in [0.29, 0.717) is 12.2 Å². The summed E-state index contributed by atoms with van der Waals surface area (Å²) in [5.74, 6) is -0.104. The van der Waals surface area contributed by atoms with E-state index in [-0.39, 0.29) is 17.6 Å². The number of para-hydroxylation sites is 1. The molecule has 0 amide bonds. The Kier molecular flexibility index (Phi) is 3.76. The van der Waals surface area contributed by atoms with Crippen LogP contribution in [0.25, 0.3) is 0 Å². The average Bonchev–Trinajstić information content (AvgIpc) is 2.80. The van der Waals surface area contributed by atoms with Crippen molar-refractivity contribution < 1.29 is 9.13 Å². The highest BCUT2D eigenvalue weighted by Gasteiger charge is 2.13. The van der Waals surface area contributed by atoms with Gasteiger partial charge in [0.05, 0.1) is 0 Å². The smallest absolute Gasteiger partial charge is 0.165 e. The molecule has 0 bridgehead atoms. The van der Waals surface area contributed by atoms with Crippen molar-refractivity contribution >= 4 is 11.3 Å². The molecule has 2 rings (SSSR count). The Morgan fingerprint density at radius 3 is 2.82 bits per heavy atom. The molecule has 1 heterocycles. The van der Waals surface area contributed by atoms with E-state index in [4.69, 9.17) is 10.5 Å². The fourth-order valence-electron chi connectivity index (χ4n) is 1.57. The molecular weight excluding hydrogens is 237 g/mol. The van der Waals surface area contributed by atoms with Crippen LogP contribution in [0.2, 0.25) is 0 Å². The van der Waals surface area contributed by atoms with E-state index in [1.165, 1.54) is 6.07 Å². The maximum absolute atomic E-state index is 13.7. The molecule has 1 atom stereocenters. The topological polar surface area (TPSA) is 35.2 Å². The van der Waals surface area contributed by atoms with Crippen LogP contribution in [0, 0.1) is 5.82 Å². The SMILES string of the molecule is C[C@H](N)c1cccc(F)c1OCc1cccs1. The number of hydrogen-bond acceptors (Lipinski definition) is 3. The number of rotatable bonds is 4. The van der Waals surface area contributed by atoms with Crippen molar-refractivity contribution in [3.05, 3.63) is 52.0 Å². The van der Waals surface area contributed by atoms with Crippen LogP contribution in [0.5, 0.6) is 5.75 Å². The third-order valence-electron chi connectivity index (χ3n) is 2.43. The van der Waals surface area contributed by atoms with E-state index in [1.807, 2.05) is 24.4 Å².